The van der Waals surface area contributed by atoms with E-state index >= 15 is 0 Å². The molecule has 2 heterocycles. The molecule has 0 fully saturated rings. The number of hydrogen-bond acceptors (Lipinski definition) is 5. The van der Waals surface area contributed by atoms with E-state index in [0.29, 0.717) is 23.4 Å². The maximum Gasteiger partial charge on any atom is 0.269 e. The molecule has 0 radical (unpaired) electrons. The van der Waals surface area contributed by atoms with Crippen LogP contribution < -0.4 is 10.5 Å². The van der Waals surface area contributed by atoms with E-state index in [9.17, 15) is 9.18 Å². The normalized spacial score (nSPS) is 10.8. The number of methoxy groups -OCH3 is 1. The van der Waals surface area contributed by atoms with E-state index < -0.39 is 11.7 Å². The number of aryl methyl sites for hydroxylation is 1. The molecular formula is C24H20FN3O2S. The zero-order valence-electron chi connectivity index (χ0n) is 17.1. The molecule has 5 nitrogen and oxygen atoms in total. The average Bonchev–Trinajstić information content (AvgIpc) is 3.22. The Hall–Kier alpha value is -3.58. The fourth-order valence-electron chi connectivity index (χ4n) is 3.38. The Balaban J connectivity index is 1.67. The molecule has 0 saturated heterocycles. The molecule has 4 rings (SSSR count). The zero-order valence-corrected chi connectivity index (χ0v) is 17.9. The van der Waals surface area contributed by atoms with Gasteiger partial charge in [0.1, 0.15) is 17.3 Å². The SMILES string of the molecule is COc1ccc(-c2ccc(Cc3nc(-c4ccccc4F)cnc3C(N)=O)s2)cc1C. The minimum atomic E-state index is -0.662. The molecule has 156 valence electrons. The van der Waals surface area contributed by atoms with Gasteiger partial charge in [-0.3, -0.25) is 4.79 Å². The van der Waals surface area contributed by atoms with Crippen LogP contribution in [0, 0.1) is 12.7 Å². The number of thiophene rings is 1. The van der Waals surface area contributed by atoms with E-state index in [0.717, 1.165) is 26.6 Å². The Morgan fingerprint density at radius 2 is 1.97 bits per heavy atom. The van der Waals surface area contributed by atoms with Gasteiger partial charge in [0.25, 0.3) is 5.91 Å². The van der Waals surface area contributed by atoms with Gasteiger partial charge in [-0.05, 0) is 60.5 Å². The van der Waals surface area contributed by atoms with Crippen LogP contribution in [0.5, 0.6) is 5.75 Å². The summed E-state index contributed by atoms with van der Waals surface area (Å²) < 4.78 is 19.5. The van der Waals surface area contributed by atoms with E-state index in [2.05, 4.69) is 16.0 Å². The van der Waals surface area contributed by atoms with Crippen LogP contribution in [0.15, 0.2) is 60.8 Å². The fourth-order valence-corrected chi connectivity index (χ4v) is 4.39. The number of primary amides is 1. The molecule has 2 N–H and O–H groups in total. The number of carbonyl (C=O) groups excluding carboxylic acids is 1. The fraction of sp³-hybridized carbons (Fsp3) is 0.125. The molecule has 7 heteroatoms. The minimum Gasteiger partial charge on any atom is -0.496 e. The topological polar surface area (TPSA) is 78.1 Å². The first-order valence-electron chi connectivity index (χ1n) is 9.60. The lowest BCUT2D eigenvalue weighted by atomic mass is 10.1. The minimum absolute atomic E-state index is 0.0929. The maximum atomic E-state index is 14.2. The highest BCUT2D eigenvalue weighted by molar-refractivity contribution is 7.15. The van der Waals surface area contributed by atoms with Crippen LogP contribution in [0.25, 0.3) is 21.7 Å². The summed E-state index contributed by atoms with van der Waals surface area (Å²) in [6.07, 6.45) is 1.75. The van der Waals surface area contributed by atoms with Gasteiger partial charge in [0.15, 0.2) is 0 Å². The highest BCUT2D eigenvalue weighted by atomic mass is 32.1. The van der Waals surface area contributed by atoms with Gasteiger partial charge in [-0.25, -0.2) is 14.4 Å². The summed E-state index contributed by atoms with van der Waals surface area (Å²) in [5.74, 6) is -0.222. The largest absolute Gasteiger partial charge is 0.496 e. The summed E-state index contributed by atoms with van der Waals surface area (Å²) in [6.45, 7) is 2.00. The molecule has 0 bridgehead atoms. The van der Waals surface area contributed by atoms with Crippen molar-refractivity contribution in [1.29, 1.82) is 0 Å². The summed E-state index contributed by atoms with van der Waals surface area (Å²) in [6, 6.07) is 16.4. The Bertz CT molecular complexity index is 1270. The Morgan fingerprint density at radius 3 is 2.68 bits per heavy atom. The number of nitrogens with two attached hydrogens (primary N) is 1. The first kappa shape index (κ1) is 20.7. The van der Waals surface area contributed by atoms with Gasteiger partial charge in [-0.2, -0.15) is 0 Å². The quantitative estimate of drug-likeness (QED) is 0.463. The van der Waals surface area contributed by atoms with Crippen LogP contribution >= 0.6 is 11.3 Å². The van der Waals surface area contributed by atoms with Crippen molar-refractivity contribution >= 4 is 17.2 Å². The predicted molar refractivity (Wildman–Crippen MR) is 120 cm³/mol. The smallest absolute Gasteiger partial charge is 0.269 e. The summed E-state index contributed by atoms with van der Waals surface area (Å²) in [5.41, 5.74) is 8.84. The molecule has 0 aliphatic rings. The van der Waals surface area contributed by atoms with E-state index in [1.807, 2.05) is 31.2 Å². The van der Waals surface area contributed by atoms with Crippen LogP contribution in [-0.4, -0.2) is 23.0 Å². The molecule has 2 aromatic heterocycles. The van der Waals surface area contributed by atoms with E-state index in [-0.39, 0.29) is 5.69 Å². The molecule has 0 saturated carbocycles. The lowest BCUT2D eigenvalue weighted by Gasteiger charge is -2.08. The highest BCUT2D eigenvalue weighted by Gasteiger charge is 2.17. The standard InChI is InChI=1S/C24H20FN3O2S/c1-14-11-15(7-9-21(14)30-2)22-10-8-16(31-22)12-19-23(24(26)29)27-13-20(28-19)17-5-3-4-6-18(17)25/h3-11,13H,12H2,1-2H3,(H2,26,29). The van der Waals surface area contributed by atoms with Gasteiger partial charge < -0.3 is 10.5 Å². The Kier molecular flexibility index (Phi) is 5.77. The van der Waals surface area contributed by atoms with Gasteiger partial charge in [0, 0.05) is 21.7 Å². The Labute approximate surface area is 183 Å². The van der Waals surface area contributed by atoms with Crippen molar-refractivity contribution in [1.82, 2.24) is 9.97 Å². The van der Waals surface area contributed by atoms with Crippen LogP contribution in [0.2, 0.25) is 0 Å². The third kappa shape index (κ3) is 4.32. The number of halogens is 1. The summed E-state index contributed by atoms with van der Waals surface area (Å²) in [7, 11) is 1.65. The van der Waals surface area contributed by atoms with Gasteiger partial charge in [0.2, 0.25) is 0 Å². The van der Waals surface area contributed by atoms with Crippen molar-refractivity contribution in [3.05, 3.63) is 88.4 Å². The highest BCUT2D eigenvalue weighted by Crippen LogP contribution is 2.32. The van der Waals surface area contributed by atoms with Crippen LogP contribution in [-0.2, 0) is 6.42 Å². The second-order valence-electron chi connectivity index (χ2n) is 7.02. The summed E-state index contributed by atoms with van der Waals surface area (Å²) in [4.78, 5) is 22.7. The monoisotopic (exact) mass is 433 g/mol. The number of benzene rings is 2. The van der Waals surface area contributed by atoms with Crippen LogP contribution in [0.4, 0.5) is 4.39 Å². The van der Waals surface area contributed by atoms with Crippen molar-refractivity contribution in [2.24, 2.45) is 5.73 Å². The molecule has 0 aliphatic carbocycles. The summed E-state index contributed by atoms with van der Waals surface area (Å²) in [5, 5.41) is 0. The van der Waals surface area contributed by atoms with Crippen LogP contribution in [0.1, 0.15) is 26.6 Å². The molecule has 0 unspecified atom stereocenters. The van der Waals surface area contributed by atoms with Crippen molar-refractivity contribution in [2.45, 2.75) is 13.3 Å². The van der Waals surface area contributed by atoms with Crippen molar-refractivity contribution in [3.8, 4) is 27.4 Å². The third-order valence-corrected chi connectivity index (χ3v) is 6.04. The van der Waals surface area contributed by atoms with Crippen molar-refractivity contribution in [3.63, 3.8) is 0 Å². The Morgan fingerprint density at radius 1 is 1.16 bits per heavy atom. The van der Waals surface area contributed by atoms with Gasteiger partial charge in [-0.15, -0.1) is 11.3 Å². The first-order valence-corrected chi connectivity index (χ1v) is 10.4. The van der Waals surface area contributed by atoms with E-state index in [4.69, 9.17) is 10.5 Å². The van der Waals surface area contributed by atoms with E-state index in [1.54, 1.807) is 36.6 Å². The second-order valence-corrected chi connectivity index (χ2v) is 8.19. The predicted octanol–water partition coefficient (Wildman–Crippen LogP) is 5.02. The van der Waals surface area contributed by atoms with Crippen molar-refractivity contribution in [2.75, 3.05) is 7.11 Å². The second kappa shape index (κ2) is 8.65. The molecule has 31 heavy (non-hydrogen) atoms. The molecular weight excluding hydrogens is 413 g/mol. The first-order chi connectivity index (χ1) is 15.0. The van der Waals surface area contributed by atoms with Crippen LogP contribution in [0.3, 0.4) is 0 Å². The number of carbonyl (C=O) groups is 1. The number of nitrogens with zero attached hydrogens (tertiary/aromatic N) is 2. The molecule has 2 aromatic carbocycles. The van der Waals surface area contributed by atoms with Gasteiger partial charge in [-0.1, -0.05) is 12.1 Å². The lowest BCUT2D eigenvalue weighted by molar-refractivity contribution is 0.0994. The number of rotatable bonds is 6. The number of amides is 1. The molecule has 0 aliphatic heterocycles. The molecule has 4 aromatic rings. The number of hydrogen-bond donors (Lipinski definition) is 1. The van der Waals surface area contributed by atoms with Crippen molar-refractivity contribution < 1.29 is 13.9 Å². The van der Waals surface area contributed by atoms with Gasteiger partial charge in [0.05, 0.1) is 24.7 Å². The molecule has 1 amide bonds. The zero-order chi connectivity index (χ0) is 22.0. The maximum absolute atomic E-state index is 14.2. The number of aromatic nitrogens is 2. The molecule has 0 spiro atoms. The number of ether oxygens (including phenoxy) is 1. The van der Waals surface area contributed by atoms with E-state index in [1.165, 1.54) is 12.3 Å². The molecule has 0 atom stereocenters. The third-order valence-electron chi connectivity index (χ3n) is 4.91. The lowest BCUT2D eigenvalue weighted by Crippen LogP contribution is -2.17. The average molecular weight is 434 g/mol. The van der Waals surface area contributed by atoms with Gasteiger partial charge >= 0.3 is 0 Å². The summed E-state index contributed by atoms with van der Waals surface area (Å²) >= 11 is 1.59.